The second kappa shape index (κ2) is 4.18. The minimum atomic E-state index is -0.478. The minimum Gasteiger partial charge on any atom is -0.368 e. The van der Waals surface area contributed by atoms with Crippen LogP contribution in [-0.4, -0.2) is 9.97 Å². The van der Waals surface area contributed by atoms with Crippen LogP contribution in [0.3, 0.4) is 0 Å². The summed E-state index contributed by atoms with van der Waals surface area (Å²) < 4.78 is 13.3. The Hall–Kier alpha value is -2.48. The highest BCUT2D eigenvalue weighted by molar-refractivity contribution is 5.62. The van der Waals surface area contributed by atoms with Crippen molar-refractivity contribution in [2.75, 3.05) is 5.73 Å². The molecule has 0 atom stereocenters. The Bertz CT molecular complexity index is 596. The average Bonchev–Trinajstić information content (AvgIpc) is 2.26. The fraction of sp³-hybridized carbons (Fsp3) is 0.0833. The van der Waals surface area contributed by atoms with Gasteiger partial charge in [-0.25, -0.2) is 14.4 Å². The molecule has 0 radical (unpaired) electrons. The molecule has 1 aromatic carbocycles. The third-order valence-corrected chi connectivity index (χ3v) is 2.19. The highest BCUT2D eigenvalue weighted by Gasteiger charge is 2.06. The van der Waals surface area contributed by atoms with Gasteiger partial charge in [-0.3, -0.25) is 0 Å². The first-order chi connectivity index (χ1) is 8.08. The van der Waals surface area contributed by atoms with Gasteiger partial charge in [-0.2, -0.15) is 5.26 Å². The maximum Gasteiger partial charge on any atom is 0.220 e. The summed E-state index contributed by atoms with van der Waals surface area (Å²) in [5.41, 5.74) is 7.48. The predicted octanol–water partition coefficient (Wildman–Crippen LogP) is 2.04. The number of hydrogen-bond donors (Lipinski definition) is 1. The van der Waals surface area contributed by atoms with Crippen LogP contribution in [-0.2, 0) is 0 Å². The smallest absolute Gasteiger partial charge is 0.220 e. The normalized spacial score (nSPS) is 9.94. The number of rotatable bonds is 1. The third kappa shape index (κ3) is 2.37. The molecule has 0 aliphatic rings. The largest absolute Gasteiger partial charge is 0.368 e. The van der Waals surface area contributed by atoms with Crippen LogP contribution in [0.5, 0.6) is 0 Å². The fourth-order valence-electron chi connectivity index (χ4n) is 1.54. The molecule has 5 heteroatoms. The van der Waals surface area contributed by atoms with Crippen LogP contribution in [0.15, 0.2) is 24.3 Å². The molecule has 0 fully saturated rings. The summed E-state index contributed by atoms with van der Waals surface area (Å²) in [6.07, 6.45) is 0. The Kier molecular flexibility index (Phi) is 2.71. The van der Waals surface area contributed by atoms with Crippen molar-refractivity contribution in [3.05, 3.63) is 41.3 Å². The first-order valence-corrected chi connectivity index (χ1v) is 4.91. The van der Waals surface area contributed by atoms with E-state index in [2.05, 4.69) is 9.97 Å². The molecule has 1 heterocycles. The van der Waals surface area contributed by atoms with Crippen molar-refractivity contribution in [3.8, 4) is 17.3 Å². The monoisotopic (exact) mass is 228 g/mol. The lowest BCUT2D eigenvalue weighted by atomic mass is 10.1. The molecule has 0 amide bonds. The van der Waals surface area contributed by atoms with Crippen LogP contribution in [0.25, 0.3) is 11.3 Å². The highest BCUT2D eigenvalue weighted by Crippen LogP contribution is 2.21. The Morgan fingerprint density at radius 1 is 1.24 bits per heavy atom. The van der Waals surface area contributed by atoms with Crippen molar-refractivity contribution >= 4 is 5.95 Å². The molecule has 0 saturated carbocycles. The van der Waals surface area contributed by atoms with Crippen molar-refractivity contribution in [2.45, 2.75) is 6.92 Å². The van der Waals surface area contributed by atoms with Crippen LogP contribution >= 0.6 is 0 Å². The van der Waals surface area contributed by atoms with E-state index in [0.717, 1.165) is 0 Å². The second-order valence-corrected chi connectivity index (χ2v) is 3.59. The Balaban J connectivity index is 2.60. The lowest BCUT2D eigenvalue weighted by molar-refractivity contribution is 0.628. The topological polar surface area (TPSA) is 75.6 Å². The van der Waals surface area contributed by atoms with Crippen molar-refractivity contribution in [1.29, 1.82) is 5.26 Å². The number of nitrogen functional groups attached to an aromatic ring is 1. The summed E-state index contributed by atoms with van der Waals surface area (Å²) in [5, 5.41) is 8.77. The van der Waals surface area contributed by atoms with E-state index in [1.54, 1.807) is 19.1 Å². The van der Waals surface area contributed by atoms with E-state index in [1.165, 1.54) is 12.1 Å². The maximum atomic E-state index is 13.3. The van der Waals surface area contributed by atoms with E-state index in [-0.39, 0.29) is 11.5 Å². The summed E-state index contributed by atoms with van der Waals surface area (Å²) in [5.74, 6) is -0.350. The Labute approximate surface area is 97.6 Å². The minimum absolute atomic E-state index is 0.128. The summed E-state index contributed by atoms with van der Waals surface area (Å²) >= 11 is 0. The van der Waals surface area contributed by atoms with E-state index in [4.69, 9.17) is 11.0 Å². The molecule has 0 unspecified atom stereocenters. The van der Waals surface area contributed by atoms with Gasteiger partial charge in [-0.05, 0) is 31.2 Å². The van der Waals surface area contributed by atoms with Gasteiger partial charge in [0, 0.05) is 11.3 Å². The molecule has 0 spiro atoms. The molecule has 1 aromatic heterocycles. The Morgan fingerprint density at radius 3 is 2.65 bits per heavy atom. The summed E-state index contributed by atoms with van der Waals surface area (Å²) in [7, 11) is 0. The van der Waals surface area contributed by atoms with Crippen molar-refractivity contribution < 1.29 is 4.39 Å². The van der Waals surface area contributed by atoms with Crippen molar-refractivity contribution in [1.82, 2.24) is 9.97 Å². The van der Waals surface area contributed by atoms with Crippen LogP contribution in [0.4, 0.5) is 10.3 Å². The molecule has 0 aliphatic heterocycles. The quantitative estimate of drug-likeness (QED) is 0.810. The number of aryl methyl sites for hydroxylation is 1. The molecular formula is C12H9FN4. The number of nitrogens with two attached hydrogens (primary N) is 1. The number of hydrogen-bond acceptors (Lipinski definition) is 4. The zero-order valence-corrected chi connectivity index (χ0v) is 9.11. The lowest BCUT2D eigenvalue weighted by Crippen LogP contribution is -1.98. The van der Waals surface area contributed by atoms with Gasteiger partial charge in [0.15, 0.2) is 0 Å². The zero-order chi connectivity index (χ0) is 12.4. The number of benzene rings is 1. The van der Waals surface area contributed by atoms with E-state index < -0.39 is 5.82 Å². The first-order valence-electron chi connectivity index (χ1n) is 4.91. The van der Waals surface area contributed by atoms with E-state index >= 15 is 0 Å². The summed E-state index contributed by atoms with van der Waals surface area (Å²) in [6, 6.07) is 7.61. The molecular weight excluding hydrogens is 219 g/mol. The van der Waals surface area contributed by atoms with Gasteiger partial charge in [0.25, 0.3) is 0 Å². The van der Waals surface area contributed by atoms with Gasteiger partial charge in [-0.1, -0.05) is 0 Å². The van der Waals surface area contributed by atoms with Crippen LogP contribution in [0, 0.1) is 24.1 Å². The summed E-state index contributed by atoms with van der Waals surface area (Å²) in [4.78, 5) is 7.94. The van der Waals surface area contributed by atoms with E-state index in [0.29, 0.717) is 17.0 Å². The second-order valence-electron chi connectivity index (χ2n) is 3.59. The number of nitriles is 1. The molecule has 0 saturated heterocycles. The molecule has 84 valence electrons. The molecule has 17 heavy (non-hydrogen) atoms. The molecule has 4 nitrogen and oxygen atoms in total. The summed E-state index contributed by atoms with van der Waals surface area (Å²) in [6.45, 7) is 1.77. The number of nitrogens with zero attached hydrogens (tertiary/aromatic N) is 3. The number of anilines is 1. The van der Waals surface area contributed by atoms with E-state index in [1.807, 2.05) is 6.07 Å². The zero-order valence-electron chi connectivity index (χ0n) is 9.11. The SMILES string of the molecule is Cc1cc(-c2cc(F)cc(C#N)c2)nc(N)n1. The van der Waals surface area contributed by atoms with Crippen molar-refractivity contribution in [3.63, 3.8) is 0 Å². The van der Waals surface area contributed by atoms with Crippen LogP contribution in [0.2, 0.25) is 0 Å². The standard InChI is InChI=1S/C12H9FN4/c1-7-2-11(17-12(15)16-7)9-3-8(6-14)4-10(13)5-9/h2-5H,1H3,(H2,15,16,17). The van der Waals surface area contributed by atoms with Gasteiger partial charge in [0.2, 0.25) is 5.95 Å². The van der Waals surface area contributed by atoms with Gasteiger partial charge in [0.05, 0.1) is 17.3 Å². The third-order valence-electron chi connectivity index (χ3n) is 2.19. The molecule has 0 aliphatic carbocycles. The predicted molar refractivity (Wildman–Crippen MR) is 61.3 cm³/mol. The number of aromatic nitrogens is 2. The van der Waals surface area contributed by atoms with Crippen LogP contribution in [0.1, 0.15) is 11.3 Å². The van der Waals surface area contributed by atoms with Crippen molar-refractivity contribution in [2.24, 2.45) is 0 Å². The fourth-order valence-corrected chi connectivity index (χ4v) is 1.54. The maximum absolute atomic E-state index is 13.3. The molecule has 0 bridgehead atoms. The average molecular weight is 228 g/mol. The first kappa shape index (κ1) is 11.0. The van der Waals surface area contributed by atoms with Gasteiger partial charge < -0.3 is 5.73 Å². The van der Waals surface area contributed by atoms with Gasteiger partial charge in [-0.15, -0.1) is 0 Å². The molecule has 2 aromatic rings. The lowest BCUT2D eigenvalue weighted by Gasteiger charge is -2.04. The Morgan fingerprint density at radius 2 is 2.00 bits per heavy atom. The molecule has 2 rings (SSSR count). The van der Waals surface area contributed by atoms with Crippen LogP contribution < -0.4 is 5.73 Å². The molecule has 2 N–H and O–H groups in total. The van der Waals surface area contributed by atoms with Gasteiger partial charge in [0.1, 0.15) is 5.82 Å². The van der Waals surface area contributed by atoms with Gasteiger partial charge >= 0.3 is 0 Å². The highest BCUT2D eigenvalue weighted by atomic mass is 19.1. The van der Waals surface area contributed by atoms with E-state index in [9.17, 15) is 4.39 Å². The number of halogens is 1.